The van der Waals surface area contributed by atoms with Crippen LogP contribution < -0.4 is 10.6 Å². The lowest BCUT2D eigenvalue weighted by molar-refractivity contribution is -0.137. The number of benzene rings is 1. The molecule has 21 heavy (non-hydrogen) atoms. The summed E-state index contributed by atoms with van der Waals surface area (Å²) in [5, 5.41) is 5.04. The zero-order valence-corrected chi connectivity index (χ0v) is 11.3. The summed E-state index contributed by atoms with van der Waals surface area (Å²) >= 11 is 0. The van der Waals surface area contributed by atoms with Gasteiger partial charge in [0.2, 0.25) is 0 Å². The Morgan fingerprint density at radius 1 is 1.38 bits per heavy atom. The number of hydrogen-bond acceptors (Lipinski definition) is 2. The highest BCUT2D eigenvalue weighted by atomic mass is 19.4. The number of anilines is 1. The smallest absolute Gasteiger partial charge is 0.355 e. The van der Waals surface area contributed by atoms with Gasteiger partial charge in [-0.15, -0.1) is 0 Å². The quantitative estimate of drug-likeness (QED) is 0.841. The van der Waals surface area contributed by atoms with Crippen LogP contribution in [0.2, 0.25) is 0 Å². The number of halogens is 3. The molecule has 1 fully saturated rings. The Hall–Kier alpha value is -2.23. The highest BCUT2D eigenvalue weighted by Crippen LogP contribution is 2.39. The predicted molar refractivity (Wildman–Crippen MR) is 71.6 cm³/mol. The molecule has 0 aromatic heterocycles. The first kappa shape index (κ1) is 15.2. The van der Waals surface area contributed by atoms with Crippen LogP contribution in [0.3, 0.4) is 0 Å². The van der Waals surface area contributed by atoms with Crippen LogP contribution in [-0.2, 0) is 6.18 Å². The van der Waals surface area contributed by atoms with Crippen molar-refractivity contribution in [3.63, 3.8) is 0 Å². The second-order valence-electron chi connectivity index (χ2n) is 4.96. The van der Waals surface area contributed by atoms with Crippen molar-refractivity contribution >= 4 is 11.6 Å². The standard InChI is InChI=1S/C14H14F3N3O/c1-18-12(21)10-5-4-9(8-11(10)14(15,16)17)20-13(19-2)6-3-7-13/h4-5,8,20H,3,6-7H2,1H3,(H,18,21). The van der Waals surface area contributed by atoms with E-state index in [2.05, 4.69) is 15.5 Å². The monoisotopic (exact) mass is 297 g/mol. The van der Waals surface area contributed by atoms with Crippen molar-refractivity contribution < 1.29 is 18.0 Å². The molecular formula is C14H14F3N3O. The molecule has 0 atom stereocenters. The third-order valence-electron chi connectivity index (χ3n) is 3.57. The number of rotatable bonds is 3. The van der Waals surface area contributed by atoms with Gasteiger partial charge in [0.05, 0.1) is 11.1 Å². The van der Waals surface area contributed by atoms with E-state index in [1.807, 2.05) is 0 Å². The molecule has 1 aliphatic rings. The first-order valence-electron chi connectivity index (χ1n) is 6.41. The fourth-order valence-corrected chi connectivity index (χ4v) is 2.23. The summed E-state index contributed by atoms with van der Waals surface area (Å²) in [7, 11) is 1.27. The van der Waals surface area contributed by atoms with Crippen LogP contribution in [0.1, 0.15) is 35.2 Å². The van der Waals surface area contributed by atoms with Gasteiger partial charge in [-0.1, -0.05) is 0 Å². The maximum Gasteiger partial charge on any atom is 0.417 e. The molecule has 1 saturated carbocycles. The number of hydrogen-bond donors (Lipinski definition) is 2. The summed E-state index contributed by atoms with van der Waals surface area (Å²) in [5.74, 6) is -0.794. The fourth-order valence-electron chi connectivity index (χ4n) is 2.23. The first-order chi connectivity index (χ1) is 9.81. The Bertz CT molecular complexity index is 600. The number of alkyl halides is 3. The minimum absolute atomic E-state index is 0.200. The number of amides is 1. The number of nitrogens with zero attached hydrogens (tertiary/aromatic N) is 1. The molecule has 2 rings (SSSR count). The predicted octanol–water partition coefficient (Wildman–Crippen LogP) is 3.28. The maximum absolute atomic E-state index is 13.1. The van der Waals surface area contributed by atoms with Gasteiger partial charge in [-0.3, -0.25) is 9.64 Å². The Kier molecular flexibility index (Phi) is 3.81. The minimum atomic E-state index is -4.63. The van der Waals surface area contributed by atoms with Crippen LogP contribution in [0.5, 0.6) is 0 Å². The Balaban J connectivity index is 2.38. The van der Waals surface area contributed by atoms with Crippen molar-refractivity contribution in [1.29, 1.82) is 0 Å². The van der Waals surface area contributed by atoms with Crippen molar-refractivity contribution in [2.24, 2.45) is 0 Å². The average Bonchev–Trinajstić information content (AvgIpc) is 2.41. The molecule has 1 aliphatic carbocycles. The lowest BCUT2D eigenvalue weighted by Gasteiger charge is -2.31. The first-order valence-corrected chi connectivity index (χ1v) is 6.41. The summed E-state index contributed by atoms with van der Waals surface area (Å²) in [6.45, 7) is 7.15. The molecule has 0 saturated heterocycles. The molecule has 0 unspecified atom stereocenters. The lowest BCUT2D eigenvalue weighted by atomic mass is 9.85. The minimum Gasteiger partial charge on any atom is -0.355 e. The second kappa shape index (κ2) is 5.28. The molecule has 4 nitrogen and oxygen atoms in total. The van der Waals surface area contributed by atoms with Gasteiger partial charge in [0, 0.05) is 25.6 Å². The van der Waals surface area contributed by atoms with Gasteiger partial charge in [0.15, 0.2) is 0 Å². The van der Waals surface area contributed by atoms with Gasteiger partial charge in [0.1, 0.15) is 0 Å². The molecule has 0 spiro atoms. The van der Waals surface area contributed by atoms with Crippen molar-refractivity contribution in [1.82, 2.24) is 5.32 Å². The molecule has 0 radical (unpaired) electrons. The molecule has 0 aliphatic heterocycles. The Morgan fingerprint density at radius 2 is 2.05 bits per heavy atom. The second-order valence-corrected chi connectivity index (χ2v) is 4.96. The summed E-state index contributed by atoms with van der Waals surface area (Å²) < 4.78 is 39.2. The van der Waals surface area contributed by atoms with Crippen LogP contribution in [0.25, 0.3) is 4.85 Å². The van der Waals surface area contributed by atoms with E-state index in [9.17, 15) is 18.0 Å². The normalized spacial score (nSPS) is 16.5. The Morgan fingerprint density at radius 3 is 2.48 bits per heavy atom. The molecule has 112 valence electrons. The molecule has 1 aromatic rings. The molecular weight excluding hydrogens is 283 g/mol. The molecule has 0 heterocycles. The third kappa shape index (κ3) is 2.94. The largest absolute Gasteiger partial charge is 0.417 e. The van der Waals surface area contributed by atoms with Gasteiger partial charge in [-0.25, -0.2) is 6.57 Å². The van der Waals surface area contributed by atoms with Crippen molar-refractivity contribution in [2.75, 3.05) is 12.4 Å². The summed E-state index contributed by atoms with van der Waals surface area (Å²) in [5.41, 5.74) is -2.05. The molecule has 7 heteroatoms. The van der Waals surface area contributed by atoms with E-state index in [1.165, 1.54) is 13.1 Å². The molecule has 2 N–H and O–H groups in total. The maximum atomic E-state index is 13.1. The molecule has 1 aromatic carbocycles. The third-order valence-corrected chi connectivity index (χ3v) is 3.57. The van der Waals surface area contributed by atoms with Gasteiger partial charge in [0.25, 0.3) is 5.91 Å². The molecule has 1 amide bonds. The summed E-state index contributed by atoms with van der Waals surface area (Å²) in [6, 6.07) is 3.40. The van der Waals surface area contributed by atoms with Gasteiger partial charge in [-0.05, 0) is 24.6 Å². The topological polar surface area (TPSA) is 45.5 Å². The van der Waals surface area contributed by atoms with E-state index in [0.717, 1.165) is 18.6 Å². The number of nitrogens with one attached hydrogen (secondary N) is 2. The summed E-state index contributed by atoms with van der Waals surface area (Å²) in [6.07, 6.45) is -2.55. The molecule has 0 bridgehead atoms. The Labute approximate surface area is 120 Å². The van der Waals surface area contributed by atoms with Crippen LogP contribution in [-0.4, -0.2) is 18.6 Å². The van der Waals surface area contributed by atoms with Gasteiger partial charge >= 0.3 is 11.8 Å². The fraction of sp³-hybridized carbons (Fsp3) is 0.429. The van der Waals surface area contributed by atoms with E-state index in [1.54, 1.807) is 0 Å². The van der Waals surface area contributed by atoms with Crippen molar-refractivity contribution in [2.45, 2.75) is 31.1 Å². The zero-order chi connectivity index (χ0) is 15.7. The lowest BCUT2D eigenvalue weighted by Crippen LogP contribution is -2.41. The van der Waals surface area contributed by atoms with Crippen LogP contribution in [0.15, 0.2) is 18.2 Å². The van der Waals surface area contributed by atoms with E-state index in [4.69, 9.17) is 6.57 Å². The highest BCUT2D eigenvalue weighted by Gasteiger charge is 2.44. The van der Waals surface area contributed by atoms with Gasteiger partial charge < -0.3 is 10.6 Å². The number of carbonyl (C=O) groups excluding carboxylic acids is 1. The zero-order valence-electron chi connectivity index (χ0n) is 11.3. The van der Waals surface area contributed by atoms with Crippen LogP contribution in [0, 0.1) is 6.57 Å². The van der Waals surface area contributed by atoms with E-state index in [-0.39, 0.29) is 5.69 Å². The van der Waals surface area contributed by atoms with Crippen molar-refractivity contribution in [3.05, 3.63) is 40.7 Å². The van der Waals surface area contributed by atoms with E-state index in [0.29, 0.717) is 12.8 Å². The SMILES string of the molecule is [C-]#[N+]C1(Nc2ccc(C(=O)NC)c(C(F)(F)F)c2)CCC1. The number of carbonyl (C=O) groups is 1. The highest BCUT2D eigenvalue weighted by molar-refractivity contribution is 5.96. The van der Waals surface area contributed by atoms with Crippen LogP contribution >= 0.6 is 0 Å². The van der Waals surface area contributed by atoms with E-state index >= 15 is 0 Å². The van der Waals surface area contributed by atoms with Gasteiger partial charge in [-0.2, -0.15) is 13.2 Å². The van der Waals surface area contributed by atoms with Crippen molar-refractivity contribution in [3.8, 4) is 0 Å². The van der Waals surface area contributed by atoms with E-state index < -0.39 is 28.9 Å². The van der Waals surface area contributed by atoms with Crippen LogP contribution in [0.4, 0.5) is 18.9 Å². The average molecular weight is 297 g/mol. The summed E-state index contributed by atoms with van der Waals surface area (Å²) in [4.78, 5) is 15.0.